The minimum atomic E-state index is -0.265. The van der Waals surface area contributed by atoms with Gasteiger partial charge in [-0.15, -0.1) is 11.3 Å². The lowest BCUT2D eigenvalue weighted by Crippen LogP contribution is -2.22. The van der Waals surface area contributed by atoms with E-state index in [1.54, 1.807) is 11.3 Å². The molecule has 0 spiro atoms. The van der Waals surface area contributed by atoms with Crippen molar-refractivity contribution in [2.75, 3.05) is 18.0 Å². The molecule has 0 amide bonds. The van der Waals surface area contributed by atoms with Gasteiger partial charge >= 0.3 is 0 Å². The van der Waals surface area contributed by atoms with Crippen LogP contribution in [0.4, 0.5) is 5.82 Å². The molecule has 4 nitrogen and oxygen atoms in total. The van der Waals surface area contributed by atoms with E-state index in [-0.39, 0.29) is 11.4 Å². The summed E-state index contributed by atoms with van der Waals surface area (Å²) >= 11 is 7.56. The summed E-state index contributed by atoms with van der Waals surface area (Å²) < 4.78 is 0. The summed E-state index contributed by atoms with van der Waals surface area (Å²) in [6, 6.07) is 2.08. The highest BCUT2D eigenvalue weighted by atomic mass is 35.5. The average molecular weight is 270 g/mol. The molecule has 0 aromatic carbocycles. The first-order valence-corrected chi connectivity index (χ1v) is 6.69. The number of aliphatic hydroxyl groups excluding tert-OH is 1. The topological polar surface area (TPSA) is 49.2 Å². The monoisotopic (exact) mass is 269 g/mol. The summed E-state index contributed by atoms with van der Waals surface area (Å²) in [6.45, 7) is 3.48. The van der Waals surface area contributed by atoms with Gasteiger partial charge in [-0.1, -0.05) is 0 Å². The second kappa shape index (κ2) is 4.08. The molecule has 1 N–H and O–H groups in total. The van der Waals surface area contributed by atoms with Crippen LogP contribution in [0.25, 0.3) is 10.2 Å². The fraction of sp³-hybridized carbons (Fsp3) is 0.455. The normalized spacial score (nSPS) is 20.4. The molecule has 3 rings (SSSR count). The van der Waals surface area contributed by atoms with Crippen LogP contribution in [0.15, 0.2) is 6.07 Å². The zero-order valence-electron chi connectivity index (χ0n) is 9.35. The molecule has 1 unspecified atom stereocenters. The van der Waals surface area contributed by atoms with Crippen LogP contribution >= 0.6 is 22.9 Å². The van der Waals surface area contributed by atoms with Gasteiger partial charge in [-0.2, -0.15) is 4.98 Å². The Bertz CT molecular complexity index is 571. The van der Waals surface area contributed by atoms with Gasteiger partial charge in [0.2, 0.25) is 5.28 Å². The maximum absolute atomic E-state index is 9.59. The van der Waals surface area contributed by atoms with Crippen molar-refractivity contribution in [2.45, 2.75) is 19.4 Å². The van der Waals surface area contributed by atoms with Crippen LogP contribution in [-0.2, 0) is 0 Å². The lowest BCUT2D eigenvalue weighted by Gasteiger charge is -2.17. The summed E-state index contributed by atoms with van der Waals surface area (Å²) in [6.07, 6.45) is 0.519. The Labute approximate surface area is 108 Å². The first-order valence-electron chi connectivity index (χ1n) is 5.50. The van der Waals surface area contributed by atoms with E-state index in [0.717, 1.165) is 29.0 Å². The van der Waals surface area contributed by atoms with E-state index in [1.165, 1.54) is 4.88 Å². The first kappa shape index (κ1) is 11.2. The molecule has 2 aromatic rings. The molecule has 1 aliphatic rings. The standard InChI is InChI=1S/C11H12ClN3OS/c1-6-4-8-9(15-3-2-7(16)5-15)13-11(12)14-10(8)17-6/h4,7,16H,2-3,5H2,1H3. The Morgan fingerprint density at radius 2 is 2.35 bits per heavy atom. The predicted octanol–water partition coefficient (Wildman–Crippen LogP) is 2.22. The van der Waals surface area contributed by atoms with E-state index in [2.05, 4.69) is 20.9 Å². The Morgan fingerprint density at radius 1 is 1.53 bits per heavy atom. The molecule has 3 heterocycles. The van der Waals surface area contributed by atoms with E-state index in [1.807, 2.05) is 6.92 Å². The number of halogens is 1. The van der Waals surface area contributed by atoms with E-state index in [4.69, 9.17) is 11.6 Å². The molecule has 6 heteroatoms. The number of β-amino-alcohol motifs (C(OH)–C–C–N with tert-alkyl or cyclic N) is 1. The number of fused-ring (bicyclic) bond motifs is 1. The zero-order chi connectivity index (χ0) is 12.0. The number of rotatable bonds is 1. The Morgan fingerprint density at radius 3 is 3.06 bits per heavy atom. The predicted molar refractivity (Wildman–Crippen MR) is 70.0 cm³/mol. The van der Waals surface area contributed by atoms with Crippen molar-refractivity contribution in [3.8, 4) is 0 Å². The lowest BCUT2D eigenvalue weighted by atomic mass is 10.3. The number of hydrogen-bond acceptors (Lipinski definition) is 5. The van der Waals surface area contributed by atoms with Crippen molar-refractivity contribution in [3.63, 3.8) is 0 Å². The minimum Gasteiger partial charge on any atom is -0.391 e. The van der Waals surface area contributed by atoms with Crippen LogP contribution in [-0.4, -0.2) is 34.3 Å². The van der Waals surface area contributed by atoms with Crippen molar-refractivity contribution in [1.82, 2.24) is 9.97 Å². The maximum Gasteiger partial charge on any atom is 0.225 e. The van der Waals surface area contributed by atoms with Gasteiger partial charge in [0, 0.05) is 18.0 Å². The molecule has 17 heavy (non-hydrogen) atoms. The molecule has 1 aliphatic heterocycles. The van der Waals surface area contributed by atoms with Crippen LogP contribution < -0.4 is 4.90 Å². The van der Waals surface area contributed by atoms with Crippen molar-refractivity contribution < 1.29 is 5.11 Å². The minimum absolute atomic E-state index is 0.265. The molecule has 0 radical (unpaired) electrons. The molecule has 0 saturated carbocycles. The molecule has 2 aromatic heterocycles. The number of aliphatic hydroxyl groups is 1. The van der Waals surface area contributed by atoms with Gasteiger partial charge in [-0.3, -0.25) is 0 Å². The molecule has 0 bridgehead atoms. The summed E-state index contributed by atoms with van der Waals surface area (Å²) in [5.74, 6) is 0.848. The maximum atomic E-state index is 9.59. The molecule has 1 fully saturated rings. The summed E-state index contributed by atoms with van der Waals surface area (Å²) in [5.41, 5.74) is 0. The van der Waals surface area contributed by atoms with Crippen molar-refractivity contribution in [3.05, 3.63) is 16.2 Å². The fourth-order valence-electron chi connectivity index (χ4n) is 2.18. The molecule has 90 valence electrons. The van der Waals surface area contributed by atoms with Crippen LogP contribution in [0, 0.1) is 6.92 Å². The van der Waals surface area contributed by atoms with Crippen molar-refractivity contribution in [1.29, 1.82) is 0 Å². The number of thiophene rings is 1. The second-order valence-electron chi connectivity index (χ2n) is 4.28. The van der Waals surface area contributed by atoms with Crippen molar-refractivity contribution >= 4 is 39.0 Å². The van der Waals surface area contributed by atoms with Gasteiger partial charge in [0.15, 0.2) is 0 Å². The van der Waals surface area contributed by atoms with E-state index in [9.17, 15) is 5.11 Å². The third-order valence-electron chi connectivity index (χ3n) is 2.93. The SMILES string of the molecule is Cc1cc2c(N3CCC(O)C3)nc(Cl)nc2s1. The van der Waals surface area contributed by atoms with Crippen LogP contribution in [0.1, 0.15) is 11.3 Å². The van der Waals surface area contributed by atoms with E-state index in [0.29, 0.717) is 6.54 Å². The summed E-state index contributed by atoms with van der Waals surface area (Å²) in [7, 11) is 0. The molecule has 1 atom stereocenters. The third-order valence-corrected chi connectivity index (χ3v) is 4.04. The van der Waals surface area contributed by atoms with Crippen molar-refractivity contribution in [2.24, 2.45) is 0 Å². The number of nitrogens with zero attached hydrogens (tertiary/aromatic N) is 3. The van der Waals surface area contributed by atoms with Gasteiger partial charge in [0.1, 0.15) is 10.6 Å². The van der Waals surface area contributed by atoms with Gasteiger partial charge in [-0.25, -0.2) is 4.98 Å². The smallest absolute Gasteiger partial charge is 0.225 e. The largest absolute Gasteiger partial charge is 0.391 e. The van der Waals surface area contributed by atoms with E-state index < -0.39 is 0 Å². The van der Waals surface area contributed by atoms with Gasteiger partial charge < -0.3 is 10.0 Å². The quantitative estimate of drug-likeness (QED) is 0.807. The van der Waals surface area contributed by atoms with Crippen LogP contribution in [0.2, 0.25) is 5.28 Å². The number of anilines is 1. The van der Waals surface area contributed by atoms with Crippen LogP contribution in [0.5, 0.6) is 0 Å². The Kier molecular flexibility index (Phi) is 2.69. The molecule has 1 saturated heterocycles. The summed E-state index contributed by atoms with van der Waals surface area (Å²) in [4.78, 5) is 12.7. The zero-order valence-corrected chi connectivity index (χ0v) is 10.9. The highest BCUT2D eigenvalue weighted by molar-refractivity contribution is 7.18. The highest BCUT2D eigenvalue weighted by Crippen LogP contribution is 2.33. The number of aryl methyl sites for hydroxylation is 1. The van der Waals surface area contributed by atoms with Gasteiger partial charge in [0.05, 0.1) is 11.5 Å². The van der Waals surface area contributed by atoms with Gasteiger partial charge in [-0.05, 0) is 31.0 Å². The van der Waals surface area contributed by atoms with Crippen LogP contribution in [0.3, 0.4) is 0 Å². The Balaban J connectivity index is 2.14. The summed E-state index contributed by atoms with van der Waals surface area (Å²) in [5, 5.41) is 10.9. The molecular formula is C11H12ClN3OS. The molecule has 0 aliphatic carbocycles. The van der Waals surface area contributed by atoms with Gasteiger partial charge in [0.25, 0.3) is 0 Å². The Hall–Kier alpha value is -0.910. The highest BCUT2D eigenvalue weighted by Gasteiger charge is 2.24. The second-order valence-corrected chi connectivity index (χ2v) is 5.85. The van der Waals surface area contributed by atoms with E-state index >= 15 is 0 Å². The number of hydrogen-bond donors (Lipinski definition) is 1. The fourth-order valence-corrected chi connectivity index (χ4v) is 3.27. The third kappa shape index (κ3) is 1.99. The number of aromatic nitrogens is 2. The first-order chi connectivity index (χ1) is 8.13. The molecular weight excluding hydrogens is 258 g/mol. The average Bonchev–Trinajstić information content (AvgIpc) is 2.82. The lowest BCUT2D eigenvalue weighted by molar-refractivity contribution is 0.198.